The average molecular weight is 342 g/mol. The van der Waals surface area contributed by atoms with E-state index in [0.717, 1.165) is 29.7 Å². The smallest absolute Gasteiger partial charge is 0.124 e. The zero-order valence-electron chi connectivity index (χ0n) is 12.3. The van der Waals surface area contributed by atoms with Crippen molar-refractivity contribution in [3.05, 3.63) is 28.2 Å². The fraction of sp³-hybridized carbons (Fsp3) is 0.625. The number of ether oxygens (including phenoxy) is 2. The van der Waals surface area contributed by atoms with Crippen LogP contribution in [0.25, 0.3) is 0 Å². The van der Waals surface area contributed by atoms with Gasteiger partial charge in [-0.1, -0.05) is 22.0 Å². The average Bonchev–Trinajstić information content (AvgIpc) is 2.97. The summed E-state index contributed by atoms with van der Waals surface area (Å²) >= 11 is 3.49. The molecule has 1 saturated heterocycles. The Morgan fingerprint density at radius 2 is 2.35 bits per heavy atom. The van der Waals surface area contributed by atoms with Crippen molar-refractivity contribution in [2.24, 2.45) is 0 Å². The standard InChI is InChI=1S/C16H24BrNO2/c1-18-15(7-3-5-13-6-4-10-20-13)14-9-8-12(17)11-16(14)19-2/h8-9,11,13,15,18H,3-7,10H2,1-2H3. The predicted octanol–water partition coefficient (Wildman–Crippen LogP) is 4.07. The molecule has 1 aromatic carbocycles. The van der Waals surface area contributed by atoms with E-state index >= 15 is 0 Å². The summed E-state index contributed by atoms with van der Waals surface area (Å²) in [5.41, 5.74) is 1.23. The predicted molar refractivity (Wildman–Crippen MR) is 85.3 cm³/mol. The molecule has 1 N–H and O–H groups in total. The van der Waals surface area contributed by atoms with E-state index in [-0.39, 0.29) is 0 Å². The van der Waals surface area contributed by atoms with Crippen LogP contribution in [0, 0.1) is 0 Å². The zero-order chi connectivity index (χ0) is 14.4. The van der Waals surface area contributed by atoms with Crippen molar-refractivity contribution in [3.8, 4) is 5.75 Å². The van der Waals surface area contributed by atoms with Gasteiger partial charge in [0.15, 0.2) is 0 Å². The van der Waals surface area contributed by atoms with Crippen molar-refractivity contribution in [2.45, 2.75) is 44.2 Å². The number of halogens is 1. The highest BCUT2D eigenvalue weighted by molar-refractivity contribution is 9.10. The molecule has 2 rings (SSSR count). The van der Waals surface area contributed by atoms with Crippen LogP contribution in [0.2, 0.25) is 0 Å². The molecule has 0 aromatic heterocycles. The summed E-state index contributed by atoms with van der Waals surface area (Å²) in [5.74, 6) is 0.941. The summed E-state index contributed by atoms with van der Waals surface area (Å²) in [6.07, 6.45) is 6.38. The van der Waals surface area contributed by atoms with E-state index in [1.165, 1.54) is 24.8 Å². The Kier molecular flexibility index (Phi) is 6.33. The molecule has 1 aliphatic rings. The first kappa shape index (κ1) is 15.8. The highest BCUT2D eigenvalue weighted by Gasteiger charge is 2.18. The first-order valence-electron chi connectivity index (χ1n) is 7.37. The van der Waals surface area contributed by atoms with Gasteiger partial charge in [0, 0.05) is 22.7 Å². The van der Waals surface area contributed by atoms with Crippen molar-refractivity contribution in [1.29, 1.82) is 0 Å². The Hall–Kier alpha value is -0.580. The number of nitrogens with one attached hydrogen (secondary N) is 1. The Bertz CT molecular complexity index is 419. The summed E-state index contributed by atoms with van der Waals surface area (Å²) in [7, 11) is 3.74. The molecule has 1 aromatic rings. The highest BCUT2D eigenvalue weighted by atomic mass is 79.9. The van der Waals surface area contributed by atoms with Gasteiger partial charge in [0.2, 0.25) is 0 Å². The van der Waals surface area contributed by atoms with Gasteiger partial charge in [0.05, 0.1) is 13.2 Å². The van der Waals surface area contributed by atoms with Gasteiger partial charge in [-0.3, -0.25) is 0 Å². The molecule has 0 aliphatic carbocycles. The van der Waals surface area contributed by atoms with E-state index in [2.05, 4.69) is 33.4 Å². The fourth-order valence-electron chi connectivity index (χ4n) is 2.85. The molecule has 1 heterocycles. The lowest BCUT2D eigenvalue weighted by molar-refractivity contribution is 0.101. The molecule has 1 aliphatic heterocycles. The molecule has 112 valence electrons. The topological polar surface area (TPSA) is 30.5 Å². The first-order valence-corrected chi connectivity index (χ1v) is 8.16. The molecule has 0 spiro atoms. The van der Waals surface area contributed by atoms with Crippen LogP contribution in [0.1, 0.15) is 43.7 Å². The molecule has 2 unspecified atom stereocenters. The maximum atomic E-state index is 5.68. The van der Waals surface area contributed by atoms with E-state index in [1.54, 1.807) is 7.11 Å². The summed E-state index contributed by atoms with van der Waals surface area (Å²) < 4.78 is 12.2. The normalized spacial score (nSPS) is 20.1. The molecule has 0 saturated carbocycles. The molecule has 1 fully saturated rings. The van der Waals surface area contributed by atoms with Gasteiger partial charge in [-0.05, 0) is 51.3 Å². The van der Waals surface area contributed by atoms with Gasteiger partial charge in [0.25, 0.3) is 0 Å². The monoisotopic (exact) mass is 341 g/mol. The van der Waals surface area contributed by atoms with Crippen LogP contribution in [-0.2, 0) is 4.74 Å². The second kappa shape index (κ2) is 8.01. The molecular weight excluding hydrogens is 318 g/mol. The molecule has 0 amide bonds. The summed E-state index contributed by atoms with van der Waals surface area (Å²) in [6.45, 7) is 0.945. The van der Waals surface area contributed by atoms with Crippen LogP contribution in [0.3, 0.4) is 0 Å². The number of hydrogen-bond acceptors (Lipinski definition) is 3. The minimum Gasteiger partial charge on any atom is -0.496 e. The lowest BCUT2D eigenvalue weighted by atomic mass is 9.98. The van der Waals surface area contributed by atoms with E-state index in [1.807, 2.05) is 13.1 Å². The molecule has 0 radical (unpaired) electrons. The van der Waals surface area contributed by atoms with E-state index in [0.29, 0.717) is 12.1 Å². The quantitative estimate of drug-likeness (QED) is 0.810. The largest absolute Gasteiger partial charge is 0.496 e. The Morgan fingerprint density at radius 3 is 3.00 bits per heavy atom. The van der Waals surface area contributed by atoms with Crippen LogP contribution >= 0.6 is 15.9 Å². The molecule has 20 heavy (non-hydrogen) atoms. The minimum atomic E-state index is 0.333. The van der Waals surface area contributed by atoms with Gasteiger partial charge >= 0.3 is 0 Å². The Labute approximate surface area is 130 Å². The van der Waals surface area contributed by atoms with Crippen LogP contribution in [-0.4, -0.2) is 26.9 Å². The minimum absolute atomic E-state index is 0.333. The third kappa shape index (κ3) is 4.21. The lowest BCUT2D eigenvalue weighted by Gasteiger charge is -2.20. The van der Waals surface area contributed by atoms with Crippen LogP contribution in [0.15, 0.2) is 22.7 Å². The van der Waals surface area contributed by atoms with Gasteiger partial charge in [-0.2, -0.15) is 0 Å². The van der Waals surface area contributed by atoms with Gasteiger partial charge in [-0.15, -0.1) is 0 Å². The highest BCUT2D eigenvalue weighted by Crippen LogP contribution is 2.31. The second-order valence-electron chi connectivity index (χ2n) is 5.29. The van der Waals surface area contributed by atoms with Crippen molar-refractivity contribution in [3.63, 3.8) is 0 Å². The summed E-state index contributed by atoms with van der Waals surface area (Å²) in [5, 5.41) is 3.40. The molecule has 2 atom stereocenters. The van der Waals surface area contributed by atoms with E-state index in [9.17, 15) is 0 Å². The van der Waals surface area contributed by atoms with Crippen molar-refractivity contribution in [2.75, 3.05) is 20.8 Å². The van der Waals surface area contributed by atoms with Crippen molar-refractivity contribution in [1.82, 2.24) is 5.32 Å². The fourth-order valence-corrected chi connectivity index (χ4v) is 3.19. The number of benzene rings is 1. The Balaban J connectivity index is 1.93. The molecule has 3 nitrogen and oxygen atoms in total. The third-order valence-electron chi connectivity index (χ3n) is 3.96. The summed E-state index contributed by atoms with van der Waals surface area (Å²) in [4.78, 5) is 0. The van der Waals surface area contributed by atoms with Crippen LogP contribution in [0.5, 0.6) is 5.75 Å². The van der Waals surface area contributed by atoms with Gasteiger partial charge < -0.3 is 14.8 Å². The number of rotatable bonds is 7. The zero-order valence-corrected chi connectivity index (χ0v) is 13.9. The summed E-state index contributed by atoms with van der Waals surface area (Å²) in [6, 6.07) is 6.57. The van der Waals surface area contributed by atoms with Crippen LogP contribution in [0.4, 0.5) is 0 Å². The maximum absolute atomic E-state index is 5.68. The maximum Gasteiger partial charge on any atom is 0.124 e. The second-order valence-corrected chi connectivity index (χ2v) is 6.21. The molecular formula is C16H24BrNO2. The van der Waals surface area contributed by atoms with E-state index in [4.69, 9.17) is 9.47 Å². The molecule has 4 heteroatoms. The SMILES string of the molecule is CNC(CCCC1CCCO1)c1ccc(Br)cc1OC. The lowest BCUT2D eigenvalue weighted by Crippen LogP contribution is -2.18. The third-order valence-corrected chi connectivity index (χ3v) is 4.46. The molecule has 0 bridgehead atoms. The number of hydrogen-bond donors (Lipinski definition) is 1. The van der Waals surface area contributed by atoms with Crippen molar-refractivity contribution >= 4 is 15.9 Å². The van der Waals surface area contributed by atoms with Crippen molar-refractivity contribution < 1.29 is 9.47 Å². The van der Waals surface area contributed by atoms with Gasteiger partial charge in [-0.25, -0.2) is 0 Å². The first-order chi connectivity index (χ1) is 9.74. The van der Waals surface area contributed by atoms with Gasteiger partial charge in [0.1, 0.15) is 5.75 Å². The Morgan fingerprint density at radius 1 is 1.50 bits per heavy atom. The van der Waals surface area contributed by atoms with E-state index < -0.39 is 0 Å². The number of methoxy groups -OCH3 is 1. The van der Waals surface area contributed by atoms with Crippen LogP contribution < -0.4 is 10.1 Å².